The summed E-state index contributed by atoms with van der Waals surface area (Å²) in [7, 11) is 1.48. The van der Waals surface area contributed by atoms with Crippen LogP contribution in [0.5, 0.6) is 11.5 Å². The molecule has 0 atom stereocenters. The van der Waals surface area contributed by atoms with Gasteiger partial charge in [-0.2, -0.15) is 0 Å². The van der Waals surface area contributed by atoms with E-state index in [4.69, 9.17) is 9.47 Å². The minimum atomic E-state index is -0.807. The van der Waals surface area contributed by atoms with Crippen molar-refractivity contribution in [2.24, 2.45) is 0 Å². The molecule has 4 nitrogen and oxygen atoms in total. The topological polar surface area (TPSA) is 47.6 Å². The van der Waals surface area contributed by atoms with Crippen LogP contribution in [0.3, 0.4) is 0 Å². The number of methoxy groups -OCH3 is 1. The van der Waals surface area contributed by atoms with E-state index in [9.17, 15) is 13.6 Å². The van der Waals surface area contributed by atoms with Crippen LogP contribution in [0, 0.1) is 11.6 Å². The van der Waals surface area contributed by atoms with Gasteiger partial charge in [0.1, 0.15) is 23.1 Å². The fourth-order valence-corrected chi connectivity index (χ4v) is 1.95. The van der Waals surface area contributed by atoms with Crippen LogP contribution in [0.1, 0.15) is 24.2 Å². The van der Waals surface area contributed by atoms with Gasteiger partial charge in [-0.3, -0.25) is 4.79 Å². The van der Waals surface area contributed by atoms with Gasteiger partial charge in [-0.1, -0.05) is 0 Å². The predicted molar refractivity (Wildman–Crippen MR) is 83.1 cm³/mol. The van der Waals surface area contributed by atoms with Crippen LogP contribution in [0.15, 0.2) is 36.4 Å². The maximum absolute atomic E-state index is 13.7. The van der Waals surface area contributed by atoms with Gasteiger partial charge in [-0.05, 0) is 44.2 Å². The third-order valence-electron chi connectivity index (χ3n) is 2.97. The maximum atomic E-state index is 13.7. The van der Waals surface area contributed by atoms with Crippen molar-refractivity contribution < 1.29 is 23.0 Å². The average Bonchev–Trinajstić information content (AvgIpc) is 2.50. The molecule has 0 fully saturated rings. The third kappa shape index (κ3) is 4.18. The van der Waals surface area contributed by atoms with E-state index in [1.165, 1.54) is 7.11 Å². The van der Waals surface area contributed by atoms with E-state index >= 15 is 0 Å². The van der Waals surface area contributed by atoms with Crippen molar-refractivity contribution in [2.45, 2.75) is 20.0 Å². The fourth-order valence-electron chi connectivity index (χ4n) is 1.95. The first-order valence-corrected chi connectivity index (χ1v) is 7.02. The maximum Gasteiger partial charge on any atom is 0.258 e. The molecule has 0 heterocycles. The number of carbonyl (C=O) groups is 1. The van der Waals surface area contributed by atoms with Crippen LogP contribution >= 0.6 is 0 Å². The fraction of sp³-hybridized carbons (Fsp3) is 0.235. The first kappa shape index (κ1) is 16.7. The number of halogens is 2. The number of nitrogens with one attached hydrogen (secondary N) is 1. The Morgan fingerprint density at radius 3 is 2.52 bits per heavy atom. The number of benzene rings is 2. The minimum Gasteiger partial charge on any atom is -0.497 e. The van der Waals surface area contributed by atoms with Crippen LogP contribution in [0.4, 0.5) is 14.5 Å². The summed E-state index contributed by atoms with van der Waals surface area (Å²) in [6, 6.07) is 7.56. The van der Waals surface area contributed by atoms with E-state index in [0.29, 0.717) is 17.2 Å². The lowest BCUT2D eigenvalue weighted by atomic mass is 10.2. The zero-order chi connectivity index (χ0) is 17.0. The van der Waals surface area contributed by atoms with Gasteiger partial charge >= 0.3 is 0 Å². The number of rotatable bonds is 5. The quantitative estimate of drug-likeness (QED) is 0.905. The van der Waals surface area contributed by atoms with E-state index < -0.39 is 17.5 Å². The molecule has 0 unspecified atom stereocenters. The van der Waals surface area contributed by atoms with Gasteiger partial charge in [0.05, 0.1) is 24.5 Å². The normalized spacial score (nSPS) is 10.5. The molecule has 1 N–H and O–H groups in total. The van der Waals surface area contributed by atoms with E-state index in [2.05, 4.69) is 5.32 Å². The zero-order valence-electron chi connectivity index (χ0n) is 13.0. The minimum absolute atomic E-state index is 0.120. The molecule has 0 aliphatic carbocycles. The standard InChI is InChI=1S/C17H17F2NO3/c1-10(2)23-16-7-5-12(22-3)9-15(16)20-17(21)13-8-11(18)4-6-14(13)19/h4-10H,1-3H3,(H,20,21). The van der Waals surface area contributed by atoms with Crippen molar-refractivity contribution in [1.29, 1.82) is 0 Å². The third-order valence-corrected chi connectivity index (χ3v) is 2.97. The lowest BCUT2D eigenvalue weighted by Crippen LogP contribution is -2.16. The smallest absolute Gasteiger partial charge is 0.258 e. The first-order valence-electron chi connectivity index (χ1n) is 7.02. The van der Waals surface area contributed by atoms with Crippen molar-refractivity contribution in [3.63, 3.8) is 0 Å². The summed E-state index contributed by atoms with van der Waals surface area (Å²) >= 11 is 0. The highest BCUT2D eigenvalue weighted by molar-refractivity contribution is 6.05. The molecule has 0 radical (unpaired) electrons. The molecule has 2 aromatic carbocycles. The average molecular weight is 321 g/mol. The van der Waals surface area contributed by atoms with Gasteiger partial charge in [0.25, 0.3) is 5.91 Å². The molecule has 6 heteroatoms. The number of hydrogen-bond acceptors (Lipinski definition) is 3. The van der Waals surface area contributed by atoms with Crippen molar-refractivity contribution in [1.82, 2.24) is 0 Å². The Balaban J connectivity index is 2.33. The largest absolute Gasteiger partial charge is 0.497 e. The SMILES string of the molecule is COc1ccc(OC(C)C)c(NC(=O)c2cc(F)ccc2F)c1. The van der Waals surface area contributed by atoms with Crippen molar-refractivity contribution in [3.05, 3.63) is 53.6 Å². The second kappa shape index (κ2) is 7.09. The number of ether oxygens (including phenoxy) is 2. The van der Waals surface area contributed by atoms with Gasteiger partial charge in [-0.15, -0.1) is 0 Å². The van der Waals surface area contributed by atoms with Crippen LogP contribution in [-0.2, 0) is 0 Å². The molecule has 0 spiro atoms. The monoisotopic (exact) mass is 321 g/mol. The summed E-state index contributed by atoms with van der Waals surface area (Å²) in [6.45, 7) is 3.67. The Kier molecular flexibility index (Phi) is 5.16. The molecule has 2 rings (SSSR count). The summed E-state index contributed by atoms with van der Waals surface area (Å²) in [4.78, 5) is 12.2. The van der Waals surface area contributed by atoms with Crippen molar-refractivity contribution in [2.75, 3.05) is 12.4 Å². The molecule has 0 aromatic heterocycles. The number of hydrogen-bond donors (Lipinski definition) is 1. The molecule has 0 saturated carbocycles. The number of anilines is 1. The van der Waals surface area contributed by atoms with E-state index in [1.807, 2.05) is 13.8 Å². The number of carbonyl (C=O) groups excluding carboxylic acids is 1. The van der Waals surface area contributed by atoms with Crippen LogP contribution < -0.4 is 14.8 Å². The van der Waals surface area contributed by atoms with Crippen LogP contribution in [-0.4, -0.2) is 19.1 Å². The molecule has 0 aliphatic heterocycles. The van der Waals surface area contributed by atoms with Gasteiger partial charge in [0.15, 0.2) is 0 Å². The van der Waals surface area contributed by atoms with Crippen LogP contribution in [0.2, 0.25) is 0 Å². The molecule has 1 amide bonds. The first-order chi connectivity index (χ1) is 10.9. The molecule has 0 saturated heterocycles. The van der Waals surface area contributed by atoms with E-state index in [-0.39, 0.29) is 11.7 Å². The molecule has 2 aromatic rings. The Bertz CT molecular complexity index is 717. The lowest BCUT2D eigenvalue weighted by Gasteiger charge is -2.16. The van der Waals surface area contributed by atoms with Gasteiger partial charge in [0, 0.05) is 6.07 Å². The zero-order valence-corrected chi connectivity index (χ0v) is 13.0. The Morgan fingerprint density at radius 1 is 1.13 bits per heavy atom. The Labute approximate surface area is 133 Å². The van der Waals surface area contributed by atoms with Gasteiger partial charge in [0.2, 0.25) is 0 Å². The lowest BCUT2D eigenvalue weighted by molar-refractivity contribution is 0.102. The highest BCUT2D eigenvalue weighted by Crippen LogP contribution is 2.30. The highest BCUT2D eigenvalue weighted by Gasteiger charge is 2.16. The molecule has 23 heavy (non-hydrogen) atoms. The molecular weight excluding hydrogens is 304 g/mol. The molecule has 122 valence electrons. The molecule has 0 bridgehead atoms. The van der Waals surface area contributed by atoms with E-state index in [0.717, 1.165) is 18.2 Å². The summed E-state index contributed by atoms with van der Waals surface area (Å²) in [5, 5.41) is 2.52. The second-order valence-electron chi connectivity index (χ2n) is 5.11. The molecular formula is C17H17F2NO3. The van der Waals surface area contributed by atoms with E-state index in [1.54, 1.807) is 18.2 Å². The van der Waals surface area contributed by atoms with Crippen molar-refractivity contribution in [3.8, 4) is 11.5 Å². The summed E-state index contributed by atoms with van der Waals surface area (Å²) < 4.78 is 37.6. The molecule has 0 aliphatic rings. The number of amides is 1. The Morgan fingerprint density at radius 2 is 1.87 bits per heavy atom. The summed E-state index contributed by atoms with van der Waals surface area (Å²) in [5.41, 5.74) is -0.0740. The van der Waals surface area contributed by atoms with Crippen molar-refractivity contribution >= 4 is 11.6 Å². The summed E-state index contributed by atoms with van der Waals surface area (Å²) in [5.74, 6) is -1.37. The Hall–Kier alpha value is -2.63. The summed E-state index contributed by atoms with van der Waals surface area (Å²) in [6.07, 6.45) is -0.120. The van der Waals surface area contributed by atoms with Crippen LogP contribution in [0.25, 0.3) is 0 Å². The predicted octanol–water partition coefficient (Wildman–Crippen LogP) is 4.01. The highest BCUT2D eigenvalue weighted by atomic mass is 19.1. The van der Waals surface area contributed by atoms with Gasteiger partial charge < -0.3 is 14.8 Å². The van der Waals surface area contributed by atoms with Gasteiger partial charge in [-0.25, -0.2) is 8.78 Å². The second-order valence-corrected chi connectivity index (χ2v) is 5.11.